The topological polar surface area (TPSA) is 183 Å². The van der Waals surface area contributed by atoms with Crippen molar-refractivity contribution >= 4 is 35.3 Å². The van der Waals surface area contributed by atoms with Gasteiger partial charge < -0.3 is 45.3 Å². The van der Waals surface area contributed by atoms with Crippen molar-refractivity contribution in [3.63, 3.8) is 0 Å². The summed E-state index contributed by atoms with van der Waals surface area (Å²) in [7, 11) is 3.95. The van der Waals surface area contributed by atoms with Gasteiger partial charge in [-0.15, -0.1) is 0 Å². The van der Waals surface area contributed by atoms with E-state index in [2.05, 4.69) is 80.7 Å². The molecule has 0 unspecified atom stereocenters. The van der Waals surface area contributed by atoms with E-state index in [4.69, 9.17) is 25.2 Å². The number of rotatable bonds is 11. The van der Waals surface area contributed by atoms with Crippen LogP contribution in [0.5, 0.6) is 5.75 Å². The standard InChI is InChI=1S/C24H35N5O.2C4H4O4/c1-26-12-16-28(17-13-26)23-20-22(8-9-24(23)30-2)25-29-18-14-27(15-19-29)11-10-21-6-4-3-5-7-21;2*5-3(6)1-2-4(7)8/h3-9,20,25H,10-19H2,1-2H3;2*1-2H,(H,5,6)(H,7,8)/b;2*2-1+. The van der Waals surface area contributed by atoms with Gasteiger partial charge in [0.2, 0.25) is 0 Å². The number of carbonyl (C=O) groups is 4. The van der Waals surface area contributed by atoms with Crippen LogP contribution in [0.1, 0.15) is 5.56 Å². The summed E-state index contributed by atoms with van der Waals surface area (Å²) >= 11 is 0. The molecule has 2 aromatic rings. The van der Waals surface area contributed by atoms with Crippen molar-refractivity contribution in [2.45, 2.75) is 6.42 Å². The minimum atomic E-state index is -1.26. The molecule has 250 valence electrons. The van der Waals surface area contributed by atoms with E-state index >= 15 is 0 Å². The number of nitrogens with zero attached hydrogens (tertiary/aromatic N) is 4. The van der Waals surface area contributed by atoms with Gasteiger partial charge in [0.15, 0.2) is 0 Å². The van der Waals surface area contributed by atoms with Gasteiger partial charge in [-0.3, -0.25) is 0 Å². The van der Waals surface area contributed by atoms with Crippen molar-refractivity contribution in [2.75, 3.05) is 83.4 Å². The van der Waals surface area contributed by atoms with Crippen LogP contribution in [0, 0.1) is 0 Å². The lowest BCUT2D eigenvalue weighted by atomic mass is 10.1. The molecule has 2 aromatic carbocycles. The van der Waals surface area contributed by atoms with E-state index in [0.29, 0.717) is 24.3 Å². The maximum atomic E-state index is 9.55. The predicted molar refractivity (Wildman–Crippen MR) is 173 cm³/mol. The highest BCUT2D eigenvalue weighted by atomic mass is 16.5. The number of carboxylic acid groups (broad SMARTS) is 4. The number of aliphatic carboxylic acids is 4. The highest BCUT2D eigenvalue weighted by molar-refractivity contribution is 5.90. The molecule has 0 amide bonds. The number of anilines is 2. The SMILES string of the molecule is COc1ccc(NN2CCN(CCc3ccccc3)CC2)cc1N1CCN(C)CC1.O=C(O)/C=C/C(=O)O.O=C(O)/C=C/C(=O)O. The Balaban J connectivity index is 0.000000381. The molecule has 4 rings (SSSR count). The van der Waals surface area contributed by atoms with E-state index in [1.807, 2.05) is 0 Å². The van der Waals surface area contributed by atoms with E-state index in [9.17, 15) is 19.2 Å². The average Bonchev–Trinajstić information content (AvgIpc) is 3.04. The molecule has 2 aliphatic rings. The van der Waals surface area contributed by atoms with Crippen molar-refractivity contribution in [2.24, 2.45) is 0 Å². The van der Waals surface area contributed by atoms with Gasteiger partial charge in [0, 0.05) is 83.2 Å². The fraction of sp³-hybridized carbons (Fsp3) is 0.375. The number of piperazine rings is 2. The van der Waals surface area contributed by atoms with E-state index < -0.39 is 23.9 Å². The number of nitrogens with one attached hydrogen (secondary N) is 1. The summed E-state index contributed by atoms with van der Waals surface area (Å²) in [6.45, 7) is 9.65. The molecule has 14 nitrogen and oxygen atoms in total. The summed E-state index contributed by atoms with van der Waals surface area (Å²) in [5.41, 5.74) is 7.39. The first kappa shape index (κ1) is 37.3. The van der Waals surface area contributed by atoms with Crippen molar-refractivity contribution in [3.05, 3.63) is 78.4 Å². The first-order valence-electron chi connectivity index (χ1n) is 14.6. The molecule has 2 saturated heterocycles. The minimum Gasteiger partial charge on any atom is -0.495 e. The minimum absolute atomic E-state index is 0.558. The summed E-state index contributed by atoms with van der Waals surface area (Å²) < 4.78 is 5.64. The maximum absolute atomic E-state index is 9.55. The molecule has 0 saturated carbocycles. The number of hydrazine groups is 1. The van der Waals surface area contributed by atoms with Gasteiger partial charge >= 0.3 is 23.9 Å². The van der Waals surface area contributed by atoms with Crippen LogP contribution in [0.15, 0.2) is 72.8 Å². The molecule has 0 spiro atoms. The van der Waals surface area contributed by atoms with Crippen LogP contribution in [0.25, 0.3) is 0 Å². The van der Waals surface area contributed by atoms with E-state index in [1.165, 1.54) is 11.3 Å². The number of likely N-dealkylation sites (N-methyl/N-ethyl adjacent to an activating group) is 1. The fourth-order valence-corrected chi connectivity index (χ4v) is 4.54. The van der Waals surface area contributed by atoms with Gasteiger partial charge in [-0.1, -0.05) is 30.3 Å². The Morgan fingerprint density at radius 3 is 1.74 bits per heavy atom. The monoisotopic (exact) mass is 641 g/mol. The Labute approximate surface area is 268 Å². The van der Waals surface area contributed by atoms with Crippen LogP contribution in [-0.2, 0) is 25.6 Å². The van der Waals surface area contributed by atoms with Crippen LogP contribution in [-0.4, -0.2) is 132 Å². The Bertz CT molecular complexity index is 1250. The Morgan fingerprint density at radius 2 is 1.26 bits per heavy atom. The second kappa shape index (κ2) is 20.2. The normalized spacial score (nSPS) is 15.7. The molecule has 0 atom stereocenters. The number of carboxylic acids is 4. The van der Waals surface area contributed by atoms with Crippen LogP contribution in [0.4, 0.5) is 11.4 Å². The summed E-state index contributed by atoms with van der Waals surface area (Å²) in [4.78, 5) is 45.6. The molecular weight excluding hydrogens is 598 g/mol. The zero-order valence-corrected chi connectivity index (χ0v) is 26.1. The third-order valence-electron chi connectivity index (χ3n) is 6.98. The second-order valence-corrected chi connectivity index (χ2v) is 10.4. The number of methoxy groups -OCH3 is 1. The first-order chi connectivity index (χ1) is 22.0. The molecule has 0 radical (unpaired) electrons. The molecule has 0 bridgehead atoms. The molecular formula is C32H43N5O9. The van der Waals surface area contributed by atoms with Crippen LogP contribution >= 0.6 is 0 Å². The van der Waals surface area contributed by atoms with E-state index in [1.54, 1.807) is 7.11 Å². The Morgan fingerprint density at radius 1 is 0.739 bits per heavy atom. The Kier molecular flexibility index (Phi) is 16.3. The Hall–Kier alpha value is -4.92. The molecule has 5 N–H and O–H groups in total. The van der Waals surface area contributed by atoms with Gasteiger partial charge in [0.05, 0.1) is 18.5 Å². The second-order valence-electron chi connectivity index (χ2n) is 10.4. The summed E-state index contributed by atoms with van der Waals surface area (Å²) in [5, 5.41) is 33.6. The number of ether oxygens (including phenoxy) is 1. The van der Waals surface area contributed by atoms with Crippen molar-refractivity contribution in [3.8, 4) is 5.75 Å². The van der Waals surface area contributed by atoms with Gasteiger partial charge in [0.25, 0.3) is 0 Å². The third kappa shape index (κ3) is 15.2. The van der Waals surface area contributed by atoms with Crippen LogP contribution in [0.3, 0.4) is 0 Å². The molecule has 14 heteroatoms. The summed E-state index contributed by atoms with van der Waals surface area (Å²) in [6.07, 6.45) is 3.36. The van der Waals surface area contributed by atoms with E-state index in [0.717, 1.165) is 76.8 Å². The highest BCUT2D eigenvalue weighted by Crippen LogP contribution is 2.32. The zero-order valence-electron chi connectivity index (χ0n) is 26.1. The first-order valence-corrected chi connectivity index (χ1v) is 14.6. The quantitative estimate of drug-likeness (QED) is 0.225. The highest BCUT2D eigenvalue weighted by Gasteiger charge is 2.20. The molecule has 0 aromatic heterocycles. The average molecular weight is 642 g/mol. The van der Waals surface area contributed by atoms with Gasteiger partial charge in [-0.25, -0.2) is 24.2 Å². The van der Waals surface area contributed by atoms with Crippen LogP contribution in [0.2, 0.25) is 0 Å². The largest absolute Gasteiger partial charge is 0.495 e. The van der Waals surface area contributed by atoms with Crippen molar-refractivity contribution < 1.29 is 44.3 Å². The number of hydrogen-bond acceptors (Lipinski definition) is 10. The van der Waals surface area contributed by atoms with Crippen molar-refractivity contribution in [1.29, 1.82) is 0 Å². The maximum Gasteiger partial charge on any atom is 0.328 e. The lowest BCUT2D eigenvalue weighted by molar-refractivity contribution is -0.134. The van der Waals surface area contributed by atoms with Gasteiger partial charge in [-0.05, 0) is 37.2 Å². The third-order valence-corrected chi connectivity index (χ3v) is 6.98. The predicted octanol–water partition coefficient (Wildman–Crippen LogP) is 2.06. The molecule has 0 aliphatic carbocycles. The molecule has 2 aliphatic heterocycles. The lowest BCUT2D eigenvalue weighted by Crippen LogP contribution is -2.49. The van der Waals surface area contributed by atoms with Crippen molar-refractivity contribution in [1.82, 2.24) is 14.8 Å². The lowest BCUT2D eigenvalue weighted by Gasteiger charge is -2.36. The van der Waals surface area contributed by atoms with Crippen LogP contribution < -0.4 is 15.1 Å². The van der Waals surface area contributed by atoms with E-state index in [-0.39, 0.29) is 0 Å². The molecule has 2 heterocycles. The van der Waals surface area contributed by atoms with Gasteiger partial charge in [-0.2, -0.15) is 0 Å². The van der Waals surface area contributed by atoms with Gasteiger partial charge in [0.1, 0.15) is 5.75 Å². The fourth-order valence-electron chi connectivity index (χ4n) is 4.54. The number of benzene rings is 2. The summed E-state index contributed by atoms with van der Waals surface area (Å²) in [5.74, 6) is -4.07. The molecule has 2 fully saturated rings. The number of hydrogen-bond donors (Lipinski definition) is 5. The smallest absolute Gasteiger partial charge is 0.328 e. The molecule has 46 heavy (non-hydrogen) atoms. The zero-order chi connectivity index (χ0) is 33.9. The summed E-state index contributed by atoms with van der Waals surface area (Å²) in [6, 6.07) is 17.2.